The molecule has 2 N–H and O–H groups in total. The molecule has 0 aliphatic carbocycles. The van der Waals surface area contributed by atoms with E-state index < -0.39 is 0 Å². The maximum absolute atomic E-state index is 7.10. The van der Waals surface area contributed by atoms with Crippen molar-refractivity contribution in [3.63, 3.8) is 0 Å². The molecule has 0 radical (unpaired) electrons. The molecule has 0 fully saturated rings. The predicted octanol–water partition coefficient (Wildman–Crippen LogP) is -0.576. The van der Waals surface area contributed by atoms with Gasteiger partial charge in [-0.1, -0.05) is 0 Å². The molecule has 0 rings (SSSR count). The van der Waals surface area contributed by atoms with Crippen molar-refractivity contribution in [2.75, 3.05) is 0 Å². The van der Waals surface area contributed by atoms with Crippen molar-refractivity contribution in [3.8, 4) is 6.19 Å². The van der Waals surface area contributed by atoms with Crippen LogP contribution in [-0.2, 0) is 16.5 Å². The minimum atomic E-state index is 0. The summed E-state index contributed by atoms with van der Waals surface area (Å²) in [6.07, 6.45) is 1.25. The fourth-order valence-corrected chi connectivity index (χ4v) is 0. The molecule has 26 valence electrons. The first-order chi connectivity index (χ1) is 1.41. The number of rotatable bonds is 0. The number of nitriles is 1. The van der Waals surface area contributed by atoms with Crippen molar-refractivity contribution in [1.29, 1.82) is 5.26 Å². The number of nitrogens with two attached hydrogens (primary N) is 1. The monoisotopic (exact) mass is 100.0 g/mol. The number of hydrogen-bond donors (Lipinski definition) is 1. The average molecular weight is 101 g/mol. The first-order valence-electron chi connectivity index (χ1n) is 0.512. The van der Waals surface area contributed by atoms with Crippen molar-refractivity contribution >= 4 is 0 Å². The van der Waals surface area contributed by atoms with Gasteiger partial charge in [0.1, 0.15) is 0 Å². The van der Waals surface area contributed by atoms with Gasteiger partial charge in [-0.15, -0.1) is 0 Å². The van der Waals surface area contributed by atoms with E-state index in [4.69, 9.17) is 5.26 Å². The van der Waals surface area contributed by atoms with Gasteiger partial charge >= 0.3 is 0 Å². The Labute approximate surface area is 34.5 Å². The van der Waals surface area contributed by atoms with Gasteiger partial charge in [0.05, 0.1) is 0 Å². The minimum absolute atomic E-state index is 0. The van der Waals surface area contributed by atoms with E-state index >= 15 is 0 Å². The Bertz CT molecular complexity index is 27.5. The van der Waals surface area contributed by atoms with Crippen molar-refractivity contribution < 1.29 is 16.5 Å². The van der Waals surface area contributed by atoms with E-state index in [0.717, 1.165) is 0 Å². The van der Waals surface area contributed by atoms with Crippen LogP contribution in [0.3, 0.4) is 0 Å². The van der Waals surface area contributed by atoms with Crippen LogP contribution in [-0.4, -0.2) is 0 Å². The van der Waals surface area contributed by atoms with Crippen molar-refractivity contribution in [1.82, 2.24) is 0 Å². The van der Waals surface area contributed by atoms with E-state index in [1.165, 1.54) is 6.19 Å². The van der Waals surface area contributed by atoms with Crippen LogP contribution in [0, 0.1) is 11.5 Å². The molecule has 2 nitrogen and oxygen atoms in total. The van der Waals surface area contributed by atoms with E-state index in [2.05, 4.69) is 5.73 Å². The van der Waals surface area contributed by atoms with Crippen LogP contribution in [0.2, 0.25) is 0 Å². The molecule has 0 aromatic carbocycles. The third-order valence-corrected chi connectivity index (χ3v) is 0. The molecule has 0 aromatic heterocycles. The number of nitrogens with zero attached hydrogens (tertiary/aromatic N) is 1. The maximum Gasteiger partial charge on any atom is 0.173 e. The Morgan fingerprint density at radius 2 is 1.75 bits per heavy atom. The zero-order valence-corrected chi connectivity index (χ0v) is 2.83. The summed E-state index contributed by atoms with van der Waals surface area (Å²) < 4.78 is 0. The zero-order valence-electron chi connectivity index (χ0n) is 1.84. The molecular formula is CH2N2Ni. The minimum Gasteiger partial charge on any atom is -0.337 e. The summed E-state index contributed by atoms with van der Waals surface area (Å²) in [6, 6.07) is 0. The molecule has 0 saturated carbocycles. The van der Waals surface area contributed by atoms with Gasteiger partial charge < -0.3 is 5.73 Å². The summed E-state index contributed by atoms with van der Waals surface area (Å²) >= 11 is 0. The summed E-state index contributed by atoms with van der Waals surface area (Å²) in [4.78, 5) is 0. The Balaban J connectivity index is 0. The summed E-state index contributed by atoms with van der Waals surface area (Å²) in [7, 11) is 0. The molecule has 0 aliphatic rings. The number of hydrogen-bond acceptors (Lipinski definition) is 2. The standard InChI is InChI=1S/CH2N2.Ni/c2-1-3;/h2H2;. The molecule has 0 heterocycles. The molecule has 0 atom stereocenters. The molecule has 0 amide bonds. The summed E-state index contributed by atoms with van der Waals surface area (Å²) in [5.41, 5.74) is 4.15. The molecule has 0 bridgehead atoms. The van der Waals surface area contributed by atoms with Gasteiger partial charge in [0.15, 0.2) is 6.19 Å². The van der Waals surface area contributed by atoms with E-state index in [9.17, 15) is 0 Å². The summed E-state index contributed by atoms with van der Waals surface area (Å²) in [6.45, 7) is 0. The van der Waals surface area contributed by atoms with E-state index in [1.807, 2.05) is 0 Å². The van der Waals surface area contributed by atoms with Gasteiger partial charge in [0.2, 0.25) is 0 Å². The van der Waals surface area contributed by atoms with E-state index in [-0.39, 0.29) is 16.5 Å². The van der Waals surface area contributed by atoms with Crippen molar-refractivity contribution in [2.45, 2.75) is 0 Å². The molecule has 0 saturated heterocycles. The van der Waals surface area contributed by atoms with Gasteiger partial charge in [-0.05, 0) is 0 Å². The van der Waals surface area contributed by atoms with Crippen LogP contribution in [0.15, 0.2) is 0 Å². The summed E-state index contributed by atoms with van der Waals surface area (Å²) in [5, 5.41) is 7.10. The van der Waals surface area contributed by atoms with Gasteiger partial charge in [0, 0.05) is 16.5 Å². The van der Waals surface area contributed by atoms with Crippen molar-refractivity contribution in [2.24, 2.45) is 5.73 Å². The zero-order chi connectivity index (χ0) is 2.71. The quantitative estimate of drug-likeness (QED) is 0.252. The normalized spacial score (nSPS) is 1.75. The predicted molar refractivity (Wildman–Crippen MR) is 9.80 cm³/mol. The first-order valence-corrected chi connectivity index (χ1v) is 0.512. The Hall–Kier alpha value is -0.216. The van der Waals surface area contributed by atoms with Crippen LogP contribution in [0.5, 0.6) is 0 Å². The van der Waals surface area contributed by atoms with Crippen LogP contribution >= 0.6 is 0 Å². The molecule has 3 heteroatoms. The maximum atomic E-state index is 7.10. The average Bonchev–Trinajstić information content (AvgIpc) is 0.918. The fourth-order valence-electron chi connectivity index (χ4n) is 0. The van der Waals surface area contributed by atoms with Gasteiger partial charge in [-0.2, -0.15) is 5.26 Å². The smallest absolute Gasteiger partial charge is 0.173 e. The third kappa shape index (κ3) is 23.4. The van der Waals surface area contributed by atoms with Crippen LogP contribution < -0.4 is 5.73 Å². The topological polar surface area (TPSA) is 49.8 Å². The van der Waals surface area contributed by atoms with E-state index in [1.54, 1.807) is 0 Å². The molecule has 0 spiro atoms. The van der Waals surface area contributed by atoms with E-state index in [0.29, 0.717) is 0 Å². The first kappa shape index (κ1) is 9.22. The SMILES string of the molecule is N#CN.[Ni]. The largest absolute Gasteiger partial charge is 0.337 e. The van der Waals surface area contributed by atoms with Gasteiger partial charge in [-0.25, -0.2) is 0 Å². The van der Waals surface area contributed by atoms with Gasteiger partial charge in [-0.3, -0.25) is 0 Å². The molecule has 0 aromatic rings. The Kier molecular flexibility index (Phi) is 33.2. The van der Waals surface area contributed by atoms with Crippen LogP contribution in [0.1, 0.15) is 0 Å². The Morgan fingerprint density at radius 1 is 1.75 bits per heavy atom. The van der Waals surface area contributed by atoms with Crippen LogP contribution in [0.25, 0.3) is 0 Å². The fraction of sp³-hybridized carbons (Fsp3) is 0. The molecule has 0 unspecified atom stereocenters. The third-order valence-electron chi connectivity index (χ3n) is 0. The summed E-state index contributed by atoms with van der Waals surface area (Å²) in [5.74, 6) is 0. The molecular weight excluding hydrogens is 98.7 g/mol. The Morgan fingerprint density at radius 3 is 1.75 bits per heavy atom. The second kappa shape index (κ2) is 14.4. The molecule has 0 aliphatic heterocycles. The second-order valence-corrected chi connectivity index (χ2v) is 0.129. The van der Waals surface area contributed by atoms with Crippen molar-refractivity contribution in [3.05, 3.63) is 0 Å². The van der Waals surface area contributed by atoms with Crippen LogP contribution in [0.4, 0.5) is 0 Å². The second-order valence-electron chi connectivity index (χ2n) is 0.129. The van der Waals surface area contributed by atoms with Gasteiger partial charge in [0.25, 0.3) is 0 Å². The molecule has 4 heavy (non-hydrogen) atoms.